The van der Waals surface area contributed by atoms with Gasteiger partial charge in [0, 0.05) is 38.9 Å². The minimum absolute atomic E-state index is 0. The molecule has 2 rings (SSSR count). The van der Waals surface area contributed by atoms with Gasteiger partial charge in [-0.2, -0.15) is 5.10 Å². The summed E-state index contributed by atoms with van der Waals surface area (Å²) in [5.41, 5.74) is 2.30. The van der Waals surface area contributed by atoms with Crippen LogP contribution in [0.4, 0.5) is 0 Å². The molecule has 0 unspecified atom stereocenters. The van der Waals surface area contributed by atoms with Gasteiger partial charge in [-0.15, -0.1) is 24.0 Å². The van der Waals surface area contributed by atoms with Crippen molar-refractivity contribution in [2.24, 2.45) is 12.0 Å². The van der Waals surface area contributed by atoms with Crippen molar-refractivity contribution in [2.75, 3.05) is 20.7 Å². The number of hydrogen-bond acceptors (Lipinski definition) is 3. The van der Waals surface area contributed by atoms with Gasteiger partial charge in [-0.25, -0.2) is 0 Å². The highest BCUT2D eigenvalue weighted by atomic mass is 127. The van der Waals surface area contributed by atoms with Crippen LogP contribution in [0.2, 0.25) is 0 Å². The second-order valence-electron chi connectivity index (χ2n) is 4.94. The smallest absolute Gasteiger partial charge is 0.191 e. The first-order chi connectivity index (χ1) is 10.7. The Morgan fingerprint density at radius 3 is 2.74 bits per heavy atom. The summed E-state index contributed by atoms with van der Waals surface area (Å²) in [7, 11) is 5.37. The van der Waals surface area contributed by atoms with E-state index in [1.165, 1.54) is 5.56 Å². The number of rotatable bonds is 6. The molecular formula is C16H24IN5O. The predicted octanol–water partition coefficient (Wildman–Crippen LogP) is 1.95. The maximum absolute atomic E-state index is 5.35. The third-order valence-electron chi connectivity index (χ3n) is 3.32. The van der Waals surface area contributed by atoms with Crippen molar-refractivity contribution in [2.45, 2.75) is 13.0 Å². The van der Waals surface area contributed by atoms with E-state index in [1.54, 1.807) is 18.8 Å². The Morgan fingerprint density at radius 1 is 1.30 bits per heavy atom. The molecule has 0 amide bonds. The molecule has 0 fully saturated rings. The van der Waals surface area contributed by atoms with Crippen LogP contribution in [0.25, 0.3) is 0 Å². The Bertz CT molecular complexity index is 626. The van der Waals surface area contributed by atoms with Gasteiger partial charge in [0.1, 0.15) is 5.75 Å². The van der Waals surface area contributed by atoms with Crippen LogP contribution in [0, 0.1) is 0 Å². The van der Waals surface area contributed by atoms with Gasteiger partial charge in [0.15, 0.2) is 5.96 Å². The van der Waals surface area contributed by atoms with E-state index in [0.717, 1.165) is 30.2 Å². The number of aryl methyl sites for hydroxylation is 1. The molecule has 2 N–H and O–H groups in total. The quantitative estimate of drug-likeness (QED) is 0.419. The standard InChI is InChI=1S/C16H23N5O.HI/c1-17-16(19-10-13-11-20-21(2)12-13)18-9-8-14-6-4-5-7-15(14)22-3;/h4-7,11-12H,8-10H2,1-3H3,(H2,17,18,19);1H. The molecule has 6 nitrogen and oxygen atoms in total. The Kier molecular flexibility index (Phi) is 8.46. The number of nitrogens with zero attached hydrogens (tertiary/aromatic N) is 3. The maximum Gasteiger partial charge on any atom is 0.191 e. The summed E-state index contributed by atoms with van der Waals surface area (Å²) < 4.78 is 7.14. The summed E-state index contributed by atoms with van der Waals surface area (Å²) in [5, 5.41) is 10.7. The molecule has 0 radical (unpaired) electrons. The molecule has 1 aromatic heterocycles. The third kappa shape index (κ3) is 6.09. The van der Waals surface area contributed by atoms with Gasteiger partial charge in [-0.1, -0.05) is 18.2 Å². The molecule has 0 bridgehead atoms. The number of para-hydroxylation sites is 1. The predicted molar refractivity (Wildman–Crippen MR) is 104 cm³/mol. The molecule has 0 aliphatic rings. The van der Waals surface area contributed by atoms with Crippen molar-refractivity contribution >= 4 is 29.9 Å². The zero-order valence-corrected chi connectivity index (χ0v) is 16.1. The third-order valence-corrected chi connectivity index (χ3v) is 3.32. The number of ether oxygens (including phenoxy) is 1. The first-order valence-electron chi connectivity index (χ1n) is 7.27. The summed E-state index contributed by atoms with van der Waals surface area (Å²) in [6.07, 6.45) is 4.70. The van der Waals surface area contributed by atoms with Crippen molar-refractivity contribution in [3.8, 4) is 5.75 Å². The molecule has 2 aromatic rings. The lowest BCUT2D eigenvalue weighted by Gasteiger charge is -2.12. The maximum atomic E-state index is 5.35. The van der Waals surface area contributed by atoms with Crippen LogP contribution in [0.3, 0.4) is 0 Å². The van der Waals surface area contributed by atoms with E-state index in [2.05, 4.69) is 26.8 Å². The number of guanidine groups is 1. The number of aliphatic imine (C=N–C) groups is 1. The van der Waals surface area contributed by atoms with Gasteiger partial charge >= 0.3 is 0 Å². The van der Waals surface area contributed by atoms with Crippen molar-refractivity contribution < 1.29 is 4.74 Å². The molecule has 0 spiro atoms. The van der Waals surface area contributed by atoms with E-state index < -0.39 is 0 Å². The van der Waals surface area contributed by atoms with Crippen LogP contribution < -0.4 is 15.4 Å². The van der Waals surface area contributed by atoms with Crippen LogP contribution in [-0.4, -0.2) is 36.4 Å². The van der Waals surface area contributed by atoms with Crippen LogP contribution >= 0.6 is 24.0 Å². The fraction of sp³-hybridized carbons (Fsp3) is 0.375. The van der Waals surface area contributed by atoms with Crippen molar-refractivity contribution in [3.05, 3.63) is 47.8 Å². The van der Waals surface area contributed by atoms with E-state index in [4.69, 9.17) is 4.74 Å². The highest BCUT2D eigenvalue weighted by Gasteiger charge is 2.03. The molecular weight excluding hydrogens is 405 g/mol. The SMILES string of the molecule is CN=C(NCCc1ccccc1OC)NCc1cnn(C)c1.I. The molecule has 126 valence electrons. The fourth-order valence-electron chi connectivity index (χ4n) is 2.19. The van der Waals surface area contributed by atoms with Crippen LogP contribution in [0.1, 0.15) is 11.1 Å². The number of aromatic nitrogens is 2. The first-order valence-corrected chi connectivity index (χ1v) is 7.27. The summed E-state index contributed by atoms with van der Waals surface area (Å²) in [4.78, 5) is 4.22. The van der Waals surface area contributed by atoms with Gasteiger partial charge in [0.2, 0.25) is 0 Å². The molecule has 0 saturated heterocycles. The lowest BCUT2D eigenvalue weighted by atomic mass is 10.1. The van der Waals surface area contributed by atoms with Gasteiger partial charge in [0.25, 0.3) is 0 Å². The Morgan fingerprint density at radius 2 is 2.09 bits per heavy atom. The Balaban J connectivity index is 0.00000264. The van der Waals surface area contributed by atoms with Gasteiger partial charge in [-0.3, -0.25) is 9.67 Å². The number of benzene rings is 1. The Hall–Kier alpha value is -1.77. The zero-order valence-electron chi connectivity index (χ0n) is 13.7. The summed E-state index contributed by atoms with van der Waals surface area (Å²) in [6, 6.07) is 8.05. The fourth-order valence-corrected chi connectivity index (χ4v) is 2.19. The van der Waals surface area contributed by atoms with Gasteiger partial charge in [-0.05, 0) is 18.1 Å². The number of methoxy groups -OCH3 is 1. The van der Waals surface area contributed by atoms with Crippen molar-refractivity contribution in [1.82, 2.24) is 20.4 Å². The molecule has 0 aliphatic heterocycles. The molecule has 7 heteroatoms. The van der Waals surface area contributed by atoms with Crippen LogP contribution in [0.15, 0.2) is 41.7 Å². The van der Waals surface area contributed by atoms with E-state index in [9.17, 15) is 0 Å². The Labute approximate surface area is 154 Å². The van der Waals surface area contributed by atoms with Crippen molar-refractivity contribution in [1.29, 1.82) is 0 Å². The molecule has 0 atom stereocenters. The normalized spacial score (nSPS) is 10.8. The number of nitrogens with one attached hydrogen (secondary N) is 2. The van der Waals surface area contributed by atoms with E-state index in [1.807, 2.05) is 37.6 Å². The highest BCUT2D eigenvalue weighted by Crippen LogP contribution is 2.17. The van der Waals surface area contributed by atoms with Crippen molar-refractivity contribution in [3.63, 3.8) is 0 Å². The van der Waals surface area contributed by atoms with Crippen LogP contribution in [0.5, 0.6) is 5.75 Å². The topological polar surface area (TPSA) is 63.5 Å². The number of hydrogen-bond donors (Lipinski definition) is 2. The summed E-state index contributed by atoms with van der Waals surface area (Å²) in [5.74, 6) is 1.70. The van der Waals surface area contributed by atoms with Crippen LogP contribution in [-0.2, 0) is 20.0 Å². The van der Waals surface area contributed by atoms with E-state index in [-0.39, 0.29) is 24.0 Å². The second-order valence-corrected chi connectivity index (χ2v) is 4.94. The molecule has 1 heterocycles. The monoisotopic (exact) mass is 429 g/mol. The molecule has 0 saturated carbocycles. The van der Waals surface area contributed by atoms with E-state index >= 15 is 0 Å². The number of halogens is 1. The minimum Gasteiger partial charge on any atom is -0.496 e. The molecule has 0 aliphatic carbocycles. The van der Waals surface area contributed by atoms with Gasteiger partial charge in [0.05, 0.1) is 13.3 Å². The lowest BCUT2D eigenvalue weighted by molar-refractivity contribution is 0.409. The average Bonchev–Trinajstić information content (AvgIpc) is 2.96. The lowest BCUT2D eigenvalue weighted by Crippen LogP contribution is -2.37. The largest absolute Gasteiger partial charge is 0.496 e. The zero-order chi connectivity index (χ0) is 15.8. The molecule has 1 aromatic carbocycles. The molecule has 23 heavy (non-hydrogen) atoms. The summed E-state index contributed by atoms with van der Waals surface area (Å²) >= 11 is 0. The average molecular weight is 429 g/mol. The van der Waals surface area contributed by atoms with E-state index in [0.29, 0.717) is 6.54 Å². The summed E-state index contributed by atoms with van der Waals surface area (Å²) in [6.45, 7) is 1.48. The first kappa shape index (κ1) is 19.3. The highest BCUT2D eigenvalue weighted by molar-refractivity contribution is 14.0. The van der Waals surface area contributed by atoms with Gasteiger partial charge < -0.3 is 15.4 Å². The second kappa shape index (κ2) is 10.1. The minimum atomic E-state index is 0.